The molecule has 0 aromatic rings. The maximum atomic E-state index is 11.7. The molecule has 0 spiro atoms. The van der Waals surface area contributed by atoms with Crippen molar-refractivity contribution in [1.29, 1.82) is 0 Å². The van der Waals surface area contributed by atoms with Crippen LogP contribution in [0.4, 0.5) is 0 Å². The molecule has 3 nitrogen and oxygen atoms in total. The van der Waals surface area contributed by atoms with E-state index >= 15 is 0 Å². The van der Waals surface area contributed by atoms with Gasteiger partial charge in [-0.3, -0.25) is 0 Å². The van der Waals surface area contributed by atoms with Crippen LogP contribution < -0.4 is 5.32 Å². The smallest absolute Gasteiger partial charge is 0.152 e. The predicted octanol–water partition coefficient (Wildman–Crippen LogP) is 1.59. The molecule has 90 valence electrons. The second kappa shape index (κ2) is 4.83. The summed E-state index contributed by atoms with van der Waals surface area (Å²) in [5, 5.41) is 3.03. The van der Waals surface area contributed by atoms with Crippen molar-refractivity contribution in [2.45, 2.75) is 45.3 Å². The molecule has 0 amide bonds. The van der Waals surface area contributed by atoms with E-state index in [1.54, 1.807) is 13.8 Å². The molecule has 1 N–H and O–H groups in total. The first-order valence-electron chi connectivity index (χ1n) is 5.84. The van der Waals surface area contributed by atoms with Crippen molar-refractivity contribution < 1.29 is 8.42 Å². The van der Waals surface area contributed by atoms with E-state index in [1.807, 2.05) is 0 Å². The Hall–Kier alpha value is -0.0900. The Balaban J connectivity index is 2.48. The molecule has 15 heavy (non-hydrogen) atoms. The van der Waals surface area contributed by atoms with Crippen LogP contribution in [0.2, 0.25) is 0 Å². The van der Waals surface area contributed by atoms with Crippen molar-refractivity contribution in [1.82, 2.24) is 5.32 Å². The van der Waals surface area contributed by atoms with Crippen molar-refractivity contribution in [2.75, 3.05) is 18.8 Å². The highest BCUT2D eigenvalue weighted by Crippen LogP contribution is 2.33. The van der Waals surface area contributed by atoms with E-state index in [0.29, 0.717) is 5.75 Å². The lowest BCUT2D eigenvalue weighted by atomic mass is 9.75. The number of hydrogen-bond acceptors (Lipinski definition) is 3. The summed E-state index contributed by atoms with van der Waals surface area (Å²) in [5.74, 6) is 0.354. The molecule has 1 aliphatic heterocycles. The lowest BCUT2D eigenvalue weighted by molar-refractivity contribution is 0.145. The molecule has 0 aliphatic carbocycles. The van der Waals surface area contributed by atoms with Gasteiger partial charge in [0.1, 0.15) is 0 Å². The Bertz CT molecular complexity index is 292. The van der Waals surface area contributed by atoms with Crippen LogP contribution in [0.1, 0.15) is 40.0 Å². The van der Waals surface area contributed by atoms with Crippen LogP contribution in [0.15, 0.2) is 0 Å². The Kier molecular flexibility index (Phi) is 4.18. The summed E-state index contributed by atoms with van der Waals surface area (Å²) in [4.78, 5) is 0. The van der Waals surface area contributed by atoms with Gasteiger partial charge in [0, 0.05) is 13.1 Å². The zero-order valence-electron chi connectivity index (χ0n) is 10.0. The third kappa shape index (κ3) is 3.18. The highest BCUT2D eigenvalue weighted by Gasteiger charge is 2.36. The molecule has 0 aromatic carbocycles. The molecule has 0 radical (unpaired) electrons. The monoisotopic (exact) mass is 233 g/mol. The molecule has 0 atom stereocenters. The van der Waals surface area contributed by atoms with Crippen LogP contribution in [-0.4, -0.2) is 32.5 Å². The first kappa shape index (κ1) is 13.0. The van der Waals surface area contributed by atoms with Crippen molar-refractivity contribution in [3.8, 4) is 0 Å². The van der Waals surface area contributed by atoms with Crippen molar-refractivity contribution in [3.63, 3.8) is 0 Å². The van der Waals surface area contributed by atoms with Crippen molar-refractivity contribution in [3.05, 3.63) is 0 Å². The van der Waals surface area contributed by atoms with Gasteiger partial charge in [0.2, 0.25) is 0 Å². The van der Waals surface area contributed by atoms with Crippen LogP contribution in [0.5, 0.6) is 0 Å². The molecule has 0 aromatic heterocycles. The van der Waals surface area contributed by atoms with Gasteiger partial charge in [-0.05, 0) is 32.1 Å². The predicted molar refractivity (Wildman–Crippen MR) is 63.8 cm³/mol. The van der Waals surface area contributed by atoms with E-state index < -0.39 is 9.84 Å². The zero-order valence-corrected chi connectivity index (χ0v) is 10.9. The van der Waals surface area contributed by atoms with Gasteiger partial charge in [0.05, 0.1) is 11.0 Å². The third-order valence-corrected chi connectivity index (χ3v) is 5.63. The summed E-state index contributed by atoms with van der Waals surface area (Å²) in [6, 6.07) is 0. The van der Waals surface area contributed by atoms with E-state index in [9.17, 15) is 8.42 Å². The zero-order chi connectivity index (χ0) is 11.5. The standard InChI is InChI=1S/C11H23NO2S/c1-4-5-11(8-12-9-11)6-7-15(13,14)10(2)3/h10,12H,4-9H2,1-3H3. The lowest BCUT2D eigenvalue weighted by Gasteiger charge is -2.43. The second-order valence-corrected chi connectivity index (χ2v) is 7.70. The third-order valence-electron chi connectivity index (χ3n) is 3.42. The molecule has 1 rings (SSSR count). The Morgan fingerprint density at radius 3 is 2.20 bits per heavy atom. The SMILES string of the molecule is CCCC1(CCS(=O)(=O)C(C)C)CNC1. The minimum atomic E-state index is -2.85. The summed E-state index contributed by atoms with van der Waals surface area (Å²) in [6.45, 7) is 7.68. The van der Waals surface area contributed by atoms with Gasteiger partial charge in [-0.15, -0.1) is 0 Å². The highest BCUT2D eigenvalue weighted by molar-refractivity contribution is 7.91. The average molecular weight is 233 g/mol. The van der Waals surface area contributed by atoms with Gasteiger partial charge < -0.3 is 5.32 Å². The second-order valence-electron chi connectivity index (χ2n) is 5.02. The number of hydrogen-bond donors (Lipinski definition) is 1. The average Bonchev–Trinajstić information content (AvgIpc) is 2.09. The summed E-state index contributed by atoms with van der Waals surface area (Å²) < 4.78 is 23.4. The fourth-order valence-electron chi connectivity index (χ4n) is 2.08. The molecular weight excluding hydrogens is 210 g/mol. The molecule has 1 saturated heterocycles. The number of nitrogens with one attached hydrogen (secondary N) is 1. The molecule has 0 saturated carbocycles. The lowest BCUT2D eigenvalue weighted by Crippen LogP contribution is -2.54. The van der Waals surface area contributed by atoms with Crippen LogP contribution in [0.3, 0.4) is 0 Å². The molecule has 0 bridgehead atoms. The maximum absolute atomic E-state index is 11.7. The van der Waals surface area contributed by atoms with Gasteiger partial charge in [-0.1, -0.05) is 13.3 Å². The summed E-state index contributed by atoms with van der Waals surface area (Å²) in [5.41, 5.74) is 0.275. The van der Waals surface area contributed by atoms with Gasteiger partial charge in [0.15, 0.2) is 9.84 Å². The molecular formula is C11H23NO2S. The minimum Gasteiger partial charge on any atom is -0.316 e. The Morgan fingerprint density at radius 1 is 1.27 bits per heavy atom. The Morgan fingerprint density at radius 2 is 1.87 bits per heavy atom. The van der Waals surface area contributed by atoms with Crippen molar-refractivity contribution >= 4 is 9.84 Å². The Labute approximate surface area is 93.6 Å². The van der Waals surface area contributed by atoms with Crippen LogP contribution in [0.25, 0.3) is 0 Å². The number of rotatable bonds is 6. The van der Waals surface area contributed by atoms with E-state index in [-0.39, 0.29) is 10.7 Å². The van der Waals surface area contributed by atoms with Crippen LogP contribution in [-0.2, 0) is 9.84 Å². The first-order valence-corrected chi connectivity index (χ1v) is 7.56. The molecule has 1 heterocycles. The summed E-state index contributed by atoms with van der Waals surface area (Å²) >= 11 is 0. The fourth-order valence-corrected chi connectivity index (χ4v) is 3.27. The van der Waals surface area contributed by atoms with Gasteiger partial charge >= 0.3 is 0 Å². The maximum Gasteiger partial charge on any atom is 0.152 e. The molecule has 4 heteroatoms. The first-order chi connectivity index (χ1) is 6.92. The summed E-state index contributed by atoms with van der Waals surface area (Å²) in [6.07, 6.45) is 3.12. The highest BCUT2D eigenvalue weighted by atomic mass is 32.2. The quantitative estimate of drug-likeness (QED) is 0.758. The van der Waals surface area contributed by atoms with Crippen LogP contribution >= 0.6 is 0 Å². The molecule has 0 unspecified atom stereocenters. The topological polar surface area (TPSA) is 46.2 Å². The normalized spacial score (nSPS) is 20.3. The van der Waals surface area contributed by atoms with E-state index in [0.717, 1.165) is 32.4 Å². The van der Waals surface area contributed by atoms with Gasteiger partial charge in [-0.25, -0.2) is 8.42 Å². The largest absolute Gasteiger partial charge is 0.316 e. The van der Waals surface area contributed by atoms with E-state index in [2.05, 4.69) is 12.2 Å². The number of sulfone groups is 1. The van der Waals surface area contributed by atoms with Gasteiger partial charge in [0.25, 0.3) is 0 Å². The summed E-state index contributed by atoms with van der Waals surface area (Å²) in [7, 11) is -2.85. The van der Waals surface area contributed by atoms with Crippen LogP contribution in [0, 0.1) is 5.41 Å². The van der Waals surface area contributed by atoms with Crippen molar-refractivity contribution in [2.24, 2.45) is 5.41 Å². The van der Waals surface area contributed by atoms with E-state index in [4.69, 9.17) is 0 Å². The fraction of sp³-hybridized carbons (Fsp3) is 1.00. The minimum absolute atomic E-state index is 0.232. The van der Waals surface area contributed by atoms with Gasteiger partial charge in [-0.2, -0.15) is 0 Å². The van der Waals surface area contributed by atoms with E-state index in [1.165, 1.54) is 0 Å². The molecule has 1 aliphatic rings. The molecule has 1 fully saturated rings.